The molecule has 2 fully saturated rings. The highest BCUT2D eigenvalue weighted by Crippen LogP contribution is 2.42. The first-order chi connectivity index (χ1) is 24.6. The first kappa shape index (κ1) is 38.9. The molecule has 2 saturated heterocycles. The maximum absolute atomic E-state index is 13.8. The van der Waals surface area contributed by atoms with Crippen LogP contribution in [-0.4, -0.2) is 90.8 Å². The van der Waals surface area contributed by atoms with E-state index in [1.807, 2.05) is 0 Å². The summed E-state index contributed by atoms with van der Waals surface area (Å²) in [7, 11) is 1.37. The van der Waals surface area contributed by atoms with Crippen LogP contribution in [0.4, 0.5) is 26.3 Å². The number of thiocarbonyl (C=S) groups is 1. The van der Waals surface area contributed by atoms with Crippen LogP contribution < -0.4 is 14.2 Å². The number of carbonyl (C=O) groups is 2. The molecule has 278 valence electrons. The molecule has 0 aromatic heterocycles. The van der Waals surface area contributed by atoms with Gasteiger partial charge in [0.1, 0.15) is 16.7 Å². The molecular formula is C35H32F6N2O7S2. The average molecular weight is 771 g/mol. The van der Waals surface area contributed by atoms with Crippen molar-refractivity contribution >= 4 is 46.3 Å². The second-order valence-electron chi connectivity index (χ2n) is 11.6. The van der Waals surface area contributed by atoms with Crippen LogP contribution in [0.15, 0.2) is 59.5 Å². The summed E-state index contributed by atoms with van der Waals surface area (Å²) >= 11 is 6.42. The average Bonchev–Trinajstić information content (AvgIpc) is 3.37. The van der Waals surface area contributed by atoms with Crippen LogP contribution in [0.25, 0.3) is 17.2 Å². The van der Waals surface area contributed by atoms with Gasteiger partial charge in [-0.15, -0.1) is 0 Å². The fourth-order valence-corrected chi connectivity index (χ4v) is 6.69. The number of halogens is 6. The maximum Gasteiger partial charge on any atom is 0.416 e. The molecule has 1 amide bonds. The monoisotopic (exact) mass is 770 g/mol. The molecule has 0 saturated carbocycles. The minimum atomic E-state index is -5.05. The Morgan fingerprint density at radius 1 is 0.904 bits per heavy atom. The second kappa shape index (κ2) is 16.6. The molecule has 3 aromatic rings. The van der Waals surface area contributed by atoms with Gasteiger partial charge in [0.05, 0.1) is 48.5 Å². The van der Waals surface area contributed by atoms with Crippen molar-refractivity contribution in [2.75, 3.05) is 59.7 Å². The highest BCUT2D eigenvalue weighted by Gasteiger charge is 2.37. The number of carboxylic acids is 1. The van der Waals surface area contributed by atoms with Gasteiger partial charge in [-0.05, 0) is 72.2 Å². The zero-order valence-corrected chi connectivity index (χ0v) is 29.1. The van der Waals surface area contributed by atoms with Gasteiger partial charge < -0.3 is 24.1 Å². The van der Waals surface area contributed by atoms with E-state index in [1.165, 1.54) is 48.4 Å². The van der Waals surface area contributed by atoms with E-state index >= 15 is 0 Å². The molecule has 0 unspecified atom stereocenters. The van der Waals surface area contributed by atoms with Crippen LogP contribution in [-0.2, 0) is 21.9 Å². The number of hydrogen-bond acceptors (Lipinski definition) is 9. The lowest BCUT2D eigenvalue weighted by Gasteiger charge is -2.26. The summed E-state index contributed by atoms with van der Waals surface area (Å²) in [6.07, 6.45) is -8.31. The third-order valence-electron chi connectivity index (χ3n) is 8.04. The van der Waals surface area contributed by atoms with Crippen molar-refractivity contribution in [3.05, 3.63) is 81.8 Å². The molecule has 5 rings (SSSR count). The Labute approximate surface area is 304 Å². The van der Waals surface area contributed by atoms with Crippen LogP contribution in [0.1, 0.15) is 33.5 Å². The Kier molecular flexibility index (Phi) is 12.4. The largest absolute Gasteiger partial charge is 0.493 e. The molecule has 52 heavy (non-hydrogen) atoms. The Hall–Kier alpha value is -4.32. The van der Waals surface area contributed by atoms with Crippen molar-refractivity contribution in [2.24, 2.45) is 0 Å². The molecule has 3 aromatic carbocycles. The zero-order chi connectivity index (χ0) is 37.6. The number of carbonyl (C=O) groups excluding carboxylic acids is 1. The molecule has 2 aliphatic heterocycles. The normalized spacial score (nSPS) is 16.4. The second-order valence-corrected chi connectivity index (χ2v) is 13.2. The predicted octanol–water partition coefficient (Wildman–Crippen LogP) is 7.48. The fourth-order valence-electron chi connectivity index (χ4n) is 5.38. The molecular weight excluding hydrogens is 739 g/mol. The van der Waals surface area contributed by atoms with Crippen molar-refractivity contribution in [1.82, 2.24) is 9.80 Å². The van der Waals surface area contributed by atoms with Crippen molar-refractivity contribution in [3.63, 3.8) is 0 Å². The summed E-state index contributed by atoms with van der Waals surface area (Å²) in [4.78, 5) is 28.2. The summed E-state index contributed by atoms with van der Waals surface area (Å²) in [5.74, 6) is -0.964. The third kappa shape index (κ3) is 9.76. The molecule has 0 bridgehead atoms. The van der Waals surface area contributed by atoms with E-state index in [-0.39, 0.29) is 63.2 Å². The van der Waals surface area contributed by atoms with Gasteiger partial charge in [-0.25, -0.2) is 4.79 Å². The Bertz CT molecular complexity index is 1810. The van der Waals surface area contributed by atoms with Gasteiger partial charge in [0, 0.05) is 31.7 Å². The predicted molar refractivity (Wildman–Crippen MR) is 185 cm³/mol. The van der Waals surface area contributed by atoms with Crippen molar-refractivity contribution in [3.8, 4) is 28.4 Å². The summed E-state index contributed by atoms with van der Waals surface area (Å²) in [6.45, 7) is 3.24. The zero-order valence-electron chi connectivity index (χ0n) is 27.5. The van der Waals surface area contributed by atoms with E-state index in [9.17, 15) is 41.0 Å². The van der Waals surface area contributed by atoms with Gasteiger partial charge >= 0.3 is 18.3 Å². The third-order valence-corrected chi connectivity index (χ3v) is 9.41. The maximum atomic E-state index is 13.8. The number of nitrogens with zero attached hydrogens (tertiary/aromatic N) is 2. The van der Waals surface area contributed by atoms with Gasteiger partial charge in [0.25, 0.3) is 5.91 Å². The number of methoxy groups -OCH3 is 1. The van der Waals surface area contributed by atoms with Crippen molar-refractivity contribution in [1.29, 1.82) is 0 Å². The molecule has 0 spiro atoms. The molecule has 0 atom stereocenters. The van der Waals surface area contributed by atoms with E-state index in [2.05, 4.69) is 4.90 Å². The van der Waals surface area contributed by atoms with Crippen LogP contribution in [0.5, 0.6) is 17.2 Å². The highest BCUT2D eigenvalue weighted by molar-refractivity contribution is 8.26. The number of hydrogen-bond donors (Lipinski definition) is 1. The first-order valence-corrected chi connectivity index (χ1v) is 17.0. The Morgan fingerprint density at radius 3 is 2.19 bits per heavy atom. The summed E-state index contributed by atoms with van der Waals surface area (Å²) in [5.41, 5.74) is -2.98. The van der Waals surface area contributed by atoms with E-state index < -0.39 is 35.4 Å². The molecule has 2 heterocycles. The first-order valence-electron chi connectivity index (χ1n) is 15.8. The lowest BCUT2D eigenvalue weighted by atomic mass is 9.96. The Balaban J connectivity index is 1.36. The number of benzene rings is 3. The van der Waals surface area contributed by atoms with Crippen LogP contribution in [0, 0.1) is 0 Å². The number of alkyl halides is 6. The van der Waals surface area contributed by atoms with Gasteiger partial charge in [0.2, 0.25) is 0 Å². The van der Waals surface area contributed by atoms with Crippen LogP contribution in [0.3, 0.4) is 0 Å². The van der Waals surface area contributed by atoms with E-state index in [0.717, 1.165) is 11.8 Å². The fraction of sp³-hybridized carbons (Fsp3) is 0.343. The summed E-state index contributed by atoms with van der Waals surface area (Å²) in [5, 5.41) is 9.18. The number of morpholine rings is 1. The molecule has 9 nitrogen and oxygen atoms in total. The number of rotatable bonds is 13. The topological polar surface area (TPSA) is 97.8 Å². The lowest BCUT2D eigenvalue weighted by molar-refractivity contribution is -0.143. The number of thioether (sulfide) groups is 1. The SMILES string of the molecule is COc1cc(C(=O)O)ccc1OCCCN1C(=O)/C(=C/c2ccc(OCCN3CCOCC3)c(-c3cc(C(F)(F)F)cc(C(F)(F)F)c3)c2)SC1=S. The van der Waals surface area contributed by atoms with Gasteiger partial charge in [-0.1, -0.05) is 30.0 Å². The minimum Gasteiger partial charge on any atom is -0.493 e. The summed E-state index contributed by atoms with van der Waals surface area (Å²) < 4.78 is 105. The van der Waals surface area contributed by atoms with Gasteiger partial charge in [-0.2, -0.15) is 26.3 Å². The molecule has 1 N–H and O–H groups in total. The minimum absolute atomic E-state index is 0.0208. The quantitative estimate of drug-likeness (QED) is 0.0816. The number of aromatic carboxylic acids is 1. The molecule has 17 heteroatoms. The van der Waals surface area contributed by atoms with Crippen molar-refractivity contribution < 1.29 is 60.0 Å². The standard InChI is InChI=1S/C35H32F6N2O7S2/c1-47-29-19-22(32(45)46)4-6-28(29)49-11-2-7-43-31(44)30(52-33(43)51)16-21-3-5-27(50-14-10-42-8-12-48-13-9-42)26(15-21)23-17-24(34(36,37)38)20-25(18-23)35(39,40)41/h3-6,15-20H,2,7-14H2,1H3,(H,45,46)/b30-16-. The van der Waals surface area contributed by atoms with Gasteiger partial charge in [0.15, 0.2) is 11.5 Å². The number of amides is 1. The highest BCUT2D eigenvalue weighted by atomic mass is 32.2. The number of carboxylic acid groups (broad SMARTS) is 1. The van der Waals surface area contributed by atoms with E-state index in [4.69, 9.17) is 31.2 Å². The van der Waals surface area contributed by atoms with Crippen LogP contribution >= 0.6 is 24.0 Å². The van der Waals surface area contributed by atoms with E-state index in [0.29, 0.717) is 62.7 Å². The lowest BCUT2D eigenvalue weighted by Crippen LogP contribution is -2.38. The Morgan fingerprint density at radius 2 is 1.56 bits per heavy atom. The molecule has 0 aliphatic carbocycles. The van der Waals surface area contributed by atoms with Gasteiger partial charge in [-0.3, -0.25) is 14.6 Å². The summed E-state index contributed by atoms with van der Waals surface area (Å²) in [6, 6.07) is 9.87. The smallest absolute Gasteiger partial charge is 0.416 e. The van der Waals surface area contributed by atoms with Crippen LogP contribution in [0.2, 0.25) is 0 Å². The molecule has 0 radical (unpaired) electrons. The molecule has 2 aliphatic rings. The van der Waals surface area contributed by atoms with Crippen molar-refractivity contribution in [2.45, 2.75) is 18.8 Å². The van der Waals surface area contributed by atoms with E-state index in [1.54, 1.807) is 6.07 Å². The number of ether oxygens (including phenoxy) is 4.